The second kappa shape index (κ2) is 7.00. The van der Waals surface area contributed by atoms with Gasteiger partial charge in [-0.1, -0.05) is 26.0 Å². The highest BCUT2D eigenvalue weighted by atomic mass is 79.9. The second-order valence-electron chi connectivity index (χ2n) is 5.18. The molecule has 3 nitrogen and oxygen atoms in total. The van der Waals surface area contributed by atoms with E-state index in [1.165, 1.54) is 6.07 Å². The maximum Gasteiger partial charge on any atom is 0.146 e. The van der Waals surface area contributed by atoms with E-state index in [-0.39, 0.29) is 5.82 Å². The third-order valence-corrected chi connectivity index (χ3v) is 3.58. The third kappa shape index (κ3) is 4.02. The Bertz CT molecular complexity index is 616. The number of aromatic nitrogens is 1. The lowest BCUT2D eigenvalue weighted by molar-refractivity contribution is 0.587. The van der Waals surface area contributed by atoms with E-state index in [1.807, 2.05) is 19.2 Å². The van der Waals surface area contributed by atoms with E-state index >= 15 is 0 Å². The van der Waals surface area contributed by atoms with E-state index in [1.54, 1.807) is 23.2 Å². The fourth-order valence-electron chi connectivity index (χ4n) is 2.06. The number of nitrogens with one attached hydrogen (secondary N) is 1. The molecular weight excluding hydrogens is 333 g/mol. The van der Waals surface area contributed by atoms with Gasteiger partial charge >= 0.3 is 0 Å². The average molecular weight is 352 g/mol. The zero-order chi connectivity index (χ0) is 15.4. The Kier molecular flexibility index (Phi) is 5.31. The molecule has 0 saturated heterocycles. The number of hydrogen-bond donors (Lipinski definition) is 1. The standard InChI is InChI=1S/C16H19BrFN3/c1-11(2)19-9-12-8-13(17)10-20-16(12)21(3)15-7-5-4-6-14(15)18/h4-8,10-11,19H,9H2,1-3H3. The van der Waals surface area contributed by atoms with Gasteiger partial charge in [0.25, 0.3) is 0 Å². The Morgan fingerprint density at radius 3 is 2.71 bits per heavy atom. The Hall–Kier alpha value is -1.46. The molecular formula is C16H19BrFN3. The molecule has 0 aliphatic heterocycles. The summed E-state index contributed by atoms with van der Waals surface area (Å²) in [6.45, 7) is 4.86. The van der Waals surface area contributed by atoms with Gasteiger partial charge in [0.15, 0.2) is 0 Å². The molecule has 0 saturated carbocycles. The molecule has 0 radical (unpaired) electrons. The van der Waals surface area contributed by atoms with Crippen LogP contribution in [0.5, 0.6) is 0 Å². The Balaban J connectivity index is 2.36. The lowest BCUT2D eigenvalue weighted by Gasteiger charge is -2.22. The maximum absolute atomic E-state index is 14.0. The summed E-state index contributed by atoms with van der Waals surface area (Å²) in [6.07, 6.45) is 1.73. The van der Waals surface area contributed by atoms with Crippen LogP contribution in [0.1, 0.15) is 19.4 Å². The van der Waals surface area contributed by atoms with Crippen molar-refractivity contribution in [1.29, 1.82) is 0 Å². The molecule has 0 aliphatic rings. The monoisotopic (exact) mass is 351 g/mol. The molecule has 0 aliphatic carbocycles. The van der Waals surface area contributed by atoms with Gasteiger partial charge in [0.05, 0.1) is 5.69 Å². The summed E-state index contributed by atoms with van der Waals surface area (Å²) in [5, 5.41) is 3.37. The molecule has 2 rings (SSSR count). The van der Waals surface area contributed by atoms with Crippen molar-refractivity contribution < 1.29 is 4.39 Å². The lowest BCUT2D eigenvalue weighted by Crippen LogP contribution is -2.24. The molecule has 21 heavy (non-hydrogen) atoms. The van der Waals surface area contributed by atoms with Crippen molar-refractivity contribution in [3.05, 3.63) is 52.4 Å². The highest BCUT2D eigenvalue weighted by Crippen LogP contribution is 2.28. The van der Waals surface area contributed by atoms with Gasteiger partial charge in [0, 0.05) is 35.9 Å². The first kappa shape index (κ1) is 15.9. The third-order valence-electron chi connectivity index (χ3n) is 3.14. The minimum absolute atomic E-state index is 0.257. The van der Waals surface area contributed by atoms with Crippen LogP contribution in [0, 0.1) is 5.82 Å². The molecule has 1 aromatic carbocycles. The normalized spacial score (nSPS) is 11.0. The van der Waals surface area contributed by atoms with Crippen molar-refractivity contribution in [3.63, 3.8) is 0 Å². The number of para-hydroxylation sites is 1. The zero-order valence-electron chi connectivity index (χ0n) is 12.4. The van der Waals surface area contributed by atoms with E-state index in [9.17, 15) is 4.39 Å². The van der Waals surface area contributed by atoms with Crippen LogP contribution in [-0.4, -0.2) is 18.1 Å². The van der Waals surface area contributed by atoms with Crippen molar-refractivity contribution in [1.82, 2.24) is 10.3 Å². The van der Waals surface area contributed by atoms with E-state index < -0.39 is 0 Å². The molecule has 0 bridgehead atoms. The number of halogens is 2. The van der Waals surface area contributed by atoms with Gasteiger partial charge < -0.3 is 10.2 Å². The SMILES string of the molecule is CC(C)NCc1cc(Br)cnc1N(C)c1ccccc1F. The fourth-order valence-corrected chi connectivity index (χ4v) is 2.44. The molecule has 0 unspecified atom stereocenters. The zero-order valence-corrected chi connectivity index (χ0v) is 14.0. The van der Waals surface area contributed by atoms with Gasteiger partial charge in [-0.2, -0.15) is 0 Å². The summed E-state index contributed by atoms with van der Waals surface area (Å²) in [5.74, 6) is 0.490. The molecule has 1 aromatic heterocycles. The van der Waals surface area contributed by atoms with Crippen LogP contribution in [0.3, 0.4) is 0 Å². The van der Waals surface area contributed by atoms with E-state index in [2.05, 4.69) is 40.1 Å². The maximum atomic E-state index is 14.0. The summed E-state index contributed by atoms with van der Waals surface area (Å²) >= 11 is 3.44. The van der Waals surface area contributed by atoms with Crippen LogP contribution in [0.4, 0.5) is 15.9 Å². The molecule has 0 amide bonds. The minimum atomic E-state index is -0.257. The highest BCUT2D eigenvalue weighted by molar-refractivity contribution is 9.10. The van der Waals surface area contributed by atoms with Crippen LogP contribution in [0.2, 0.25) is 0 Å². The van der Waals surface area contributed by atoms with Crippen LogP contribution >= 0.6 is 15.9 Å². The van der Waals surface area contributed by atoms with Gasteiger partial charge in [-0.05, 0) is 34.1 Å². The van der Waals surface area contributed by atoms with Crippen LogP contribution in [0.15, 0.2) is 41.0 Å². The summed E-state index contributed by atoms with van der Waals surface area (Å²) in [5.41, 5.74) is 1.53. The van der Waals surface area contributed by atoms with Crippen LogP contribution < -0.4 is 10.2 Å². The van der Waals surface area contributed by atoms with Crippen molar-refractivity contribution >= 4 is 27.4 Å². The lowest BCUT2D eigenvalue weighted by atomic mass is 10.2. The van der Waals surface area contributed by atoms with Gasteiger partial charge in [0.1, 0.15) is 11.6 Å². The highest BCUT2D eigenvalue weighted by Gasteiger charge is 2.14. The van der Waals surface area contributed by atoms with Gasteiger partial charge in [-0.15, -0.1) is 0 Å². The van der Waals surface area contributed by atoms with E-state index in [4.69, 9.17) is 0 Å². The predicted molar refractivity (Wildman–Crippen MR) is 88.4 cm³/mol. The number of hydrogen-bond acceptors (Lipinski definition) is 3. The summed E-state index contributed by atoms with van der Waals surface area (Å²) in [6, 6.07) is 9.09. The van der Waals surface area contributed by atoms with Gasteiger partial charge in [-0.3, -0.25) is 0 Å². The van der Waals surface area contributed by atoms with Crippen molar-refractivity contribution in [3.8, 4) is 0 Å². The predicted octanol–water partition coefficient (Wildman–Crippen LogP) is 4.25. The summed E-state index contributed by atoms with van der Waals surface area (Å²) in [7, 11) is 1.83. The molecule has 0 spiro atoms. The average Bonchev–Trinajstić information content (AvgIpc) is 2.45. The number of pyridine rings is 1. The molecule has 112 valence electrons. The second-order valence-corrected chi connectivity index (χ2v) is 6.10. The number of nitrogens with zero attached hydrogens (tertiary/aromatic N) is 2. The van der Waals surface area contributed by atoms with Crippen molar-refractivity contribution in [2.45, 2.75) is 26.4 Å². The number of rotatable bonds is 5. The molecule has 0 atom stereocenters. The first-order valence-electron chi connectivity index (χ1n) is 6.85. The van der Waals surface area contributed by atoms with Crippen molar-refractivity contribution in [2.75, 3.05) is 11.9 Å². The number of anilines is 2. The molecule has 1 N–H and O–H groups in total. The molecule has 1 heterocycles. The topological polar surface area (TPSA) is 28.2 Å². The van der Waals surface area contributed by atoms with Crippen LogP contribution in [-0.2, 0) is 6.54 Å². The Morgan fingerprint density at radius 1 is 1.33 bits per heavy atom. The molecule has 0 fully saturated rings. The Morgan fingerprint density at radius 2 is 2.05 bits per heavy atom. The first-order valence-corrected chi connectivity index (χ1v) is 7.64. The fraction of sp³-hybridized carbons (Fsp3) is 0.312. The van der Waals surface area contributed by atoms with Gasteiger partial charge in [0.2, 0.25) is 0 Å². The van der Waals surface area contributed by atoms with E-state index in [0.717, 1.165) is 15.9 Å². The van der Waals surface area contributed by atoms with Crippen LogP contribution in [0.25, 0.3) is 0 Å². The minimum Gasteiger partial charge on any atom is -0.327 e. The molecule has 5 heteroatoms. The smallest absolute Gasteiger partial charge is 0.146 e. The first-order chi connectivity index (χ1) is 9.99. The van der Waals surface area contributed by atoms with E-state index in [0.29, 0.717) is 18.3 Å². The number of benzene rings is 1. The summed E-state index contributed by atoms with van der Waals surface area (Å²) in [4.78, 5) is 6.22. The summed E-state index contributed by atoms with van der Waals surface area (Å²) < 4.78 is 14.9. The van der Waals surface area contributed by atoms with Crippen molar-refractivity contribution in [2.24, 2.45) is 0 Å². The largest absolute Gasteiger partial charge is 0.327 e. The Labute approximate surface area is 133 Å². The quantitative estimate of drug-likeness (QED) is 0.872. The van der Waals surface area contributed by atoms with Gasteiger partial charge in [-0.25, -0.2) is 9.37 Å². The molecule has 2 aromatic rings.